The largest absolute Gasteiger partial charge is 0.134 e. The summed E-state index contributed by atoms with van der Waals surface area (Å²) >= 11 is 1.77. The van der Waals surface area contributed by atoms with Crippen LogP contribution in [0.15, 0.2) is 23.1 Å². The molecule has 0 aromatic rings. The maximum atomic E-state index is 3.87. The molecule has 0 heterocycles. The Kier molecular flexibility index (Phi) is 4.60. The quantitative estimate of drug-likeness (QED) is 0.545. The van der Waals surface area contributed by atoms with E-state index in [-0.39, 0.29) is 0 Å². The van der Waals surface area contributed by atoms with Crippen molar-refractivity contribution in [3.8, 4) is 0 Å². The molecule has 0 spiro atoms. The first-order valence-corrected chi connectivity index (χ1v) is 4.33. The van der Waals surface area contributed by atoms with Gasteiger partial charge in [-0.15, -0.1) is 11.8 Å². The van der Waals surface area contributed by atoms with Crippen molar-refractivity contribution in [2.24, 2.45) is 0 Å². The molecule has 0 fully saturated rings. The summed E-state index contributed by atoms with van der Waals surface area (Å²) in [5.41, 5.74) is 1.21. The molecule has 0 radical (unpaired) electrons. The highest BCUT2D eigenvalue weighted by Crippen LogP contribution is 2.13. The van der Waals surface area contributed by atoms with Crippen LogP contribution in [-0.2, 0) is 0 Å². The van der Waals surface area contributed by atoms with Gasteiger partial charge in [-0.2, -0.15) is 0 Å². The second-order valence-corrected chi connectivity index (χ2v) is 3.02. The van der Waals surface area contributed by atoms with Crippen LogP contribution in [0.25, 0.3) is 0 Å². The van der Waals surface area contributed by atoms with Gasteiger partial charge in [-0.3, -0.25) is 0 Å². The maximum Gasteiger partial charge on any atom is -0.0140 e. The Balaban J connectivity index is 3.79. The third kappa shape index (κ3) is 4.34. The van der Waals surface area contributed by atoms with Gasteiger partial charge in [0.05, 0.1) is 0 Å². The number of rotatable bonds is 3. The summed E-state index contributed by atoms with van der Waals surface area (Å²) in [4.78, 5) is 1.34. The number of hydrogen-bond donors (Lipinski definition) is 0. The fourth-order valence-electron chi connectivity index (χ4n) is 0.448. The van der Waals surface area contributed by atoms with E-state index in [0.717, 1.165) is 6.42 Å². The zero-order valence-electron chi connectivity index (χ0n) is 6.40. The maximum absolute atomic E-state index is 3.87. The molecule has 0 saturated heterocycles. The Bertz CT molecular complexity index is 123. The predicted molar refractivity (Wildman–Crippen MR) is 46.7 cm³/mol. The molecular formula is C8H14S. The second kappa shape index (κ2) is 4.68. The average Bonchev–Trinajstić information content (AvgIpc) is 1.87. The van der Waals surface area contributed by atoms with Crippen molar-refractivity contribution in [2.45, 2.75) is 20.3 Å². The SMILES string of the molecule is C=C(C=C(C)SC)CC. The highest BCUT2D eigenvalue weighted by molar-refractivity contribution is 8.02. The molecule has 0 aliphatic heterocycles. The molecule has 0 N–H and O–H groups in total. The van der Waals surface area contributed by atoms with E-state index >= 15 is 0 Å². The summed E-state index contributed by atoms with van der Waals surface area (Å²) in [5, 5.41) is 0. The van der Waals surface area contributed by atoms with E-state index in [9.17, 15) is 0 Å². The number of thioether (sulfide) groups is 1. The van der Waals surface area contributed by atoms with Crippen LogP contribution >= 0.6 is 11.8 Å². The normalized spacial score (nSPS) is 11.7. The minimum absolute atomic E-state index is 1.05. The third-order valence-electron chi connectivity index (χ3n) is 1.18. The van der Waals surface area contributed by atoms with Crippen molar-refractivity contribution in [3.63, 3.8) is 0 Å². The molecule has 0 amide bonds. The molecule has 52 valence electrons. The zero-order valence-corrected chi connectivity index (χ0v) is 7.22. The minimum atomic E-state index is 1.05. The first-order valence-electron chi connectivity index (χ1n) is 3.10. The van der Waals surface area contributed by atoms with E-state index in [1.807, 2.05) is 0 Å². The molecule has 0 atom stereocenters. The Labute approximate surface area is 62.0 Å². The molecule has 0 aliphatic carbocycles. The van der Waals surface area contributed by atoms with Crippen LogP contribution in [0.5, 0.6) is 0 Å². The second-order valence-electron chi connectivity index (χ2n) is 1.97. The Hall–Kier alpha value is -0.170. The van der Waals surface area contributed by atoms with Gasteiger partial charge in [0, 0.05) is 0 Å². The molecule has 0 aromatic heterocycles. The fraction of sp³-hybridized carbons (Fsp3) is 0.500. The minimum Gasteiger partial charge on any atom is -0.134 e. The van der Waals surface area contributed by atoms with Crippen LogP contribution in [-0.4, -0.2) is 6.26 Å². The van der Waals surface area contributed by atoms with E-state index in [0.29, 0.717) is 0 Å². The van der Waals surface area contributed by atoms with Crippen LogP contribution in [0.3, 0.4) is 0 Å². The molecule has 0 bridgehead atoms. The van der Waals surface area contributed by atoms with Gasteiger partial charge in [0.25, 0.3) is 0 Å². The van der Waals surface area contributed by atoms with Gasteiger partial charge in [0.15, 0.2) is 0 Å². The summed E-state index contributed by atoms with van der Waals surface area (Å²) in [6.07, 6.45) is 5.26. The van der Waals surface area contributed by atoms with E-state index < -0.39 is 0 Å². The molecule has 0 rings (SSSR count). The molecule has 0 aromatic carbocycles. The Morgan fingerprint density at radius 3 is 2.56 bits per heavy atom. The summed E-state index contributed by atoms with van der Waals surface area (Å²) < 4.78 is 0. The summed E-state index contributed by atoms with van der Waals surface area (Å²) in [6, 6.07) is 0. The zero-order chi connectivity index (χ0) is 7.28. The van der Waals surface area contributed by atoms with Crippen molar-refractivity contribution in [2.75, 3.05) is 6.26 Å². The van der Waals surface area contributed by atoms with Crippen LogP contribution < -0.4 is 0 Å². The first kappa shape index (κ1) is 8.83. The monoisotopic (exact) mass is 142 g/mol. The highest BCUT2D eigenvalue weighted by Gasteiger charge is 1.85. The van der Waals surface area contributed by atoms with Crippen molar-refractivity contribution < 1.29 is 0 Å². The topological polar surface area (TPSA) is 0 Å². The molecule has 0 aliphatic rings. The Morgan fingerprint density at radius 1 is 1.67 bits per heavy atom. The average molecular weight is 142 g/mol. The molecule has 1 heteroatoms. The van der Waals surface area contributed by atoms with Crippen LogP contribution in [0, 0.1) is 0 Å². The lowest BCUT2D eigenvalue weighted by Crippen LogP contribution is -1.71. The molecule has 0 unspecified atom stereocenters. The van der Waals surface area contributed by atoms with Crippen LogP contribution in [0.1, 0.15) is 20.3 Å². The van der Waals surface area contributed by atoms with Crippen LogP contribution in [0.2, 0.25) is 0 Å². The third-order valence-corrected chi connectivity index (χ3v) is 1.95. The van der Waals surface area contributed by atoms with Gasteiger partial charge < -0.3 is 0 Å². The van der Waals surface area contributed by atoms with Gasteiger partial charge >= 0.3 is 0 Å². The molecule has 9 heavy (non-hydrogen) atoms. The van der Waals surface area contributed by atoms with Crippen molar-refractivity contribution in [1.82, 2.24) is 0 Å². The molecule has 0 saturated carbocycles. The summed E-state index contributed by atoms with van der Waals surface area (Å²) in [5.74, 6) is 0. The Morgan fingerprint density at radius 2 is 2.22 bits per heavy atom. The van der Waals surface area contributed by atoms with E-state index in [2.05, 4.69) is 32.8 Å². The van der Waals surface area contributed by atoms with Gasteiger partial charge in [-0.1, -0.05) is 25.2 Å². The standard InChI is InChI=1S/C8H14S/c1-5-7(2)6-8(3)9-4/h6H,2,5H2,1,3-4H3. The van der Waals surface area contributed by atoms with Gasteiger partial charge in [0.2, 0.25) is 0 Å². The van der Waals surface area contributed by atoms with E-state index in [1.54, 1.807) is 11.8 Å². The fourth-order valence-corrected chi connectivity index (χ4v) is 0.733. The van der Waals surface area contributed by atoms with Gasteiger partial charge in [-0.05, 0) is 24.5 Å². The van der Waals surface area contributed by atoms with E-state index in [4.69, 9.17) is 0 Å². The summed E-state index contributed by atoms with van der Waals surface area (Å²) in [6.45, 7) is 8.09. The lowest BCUT2D eigenvalue weighted by atomic mass is 10.2. The van der Waals surface area contributed by atoms with Crippen molar-refractivity contribution in [1.29, 1.82) is 0 Å². The number of hydrogen-bond acceptors (Lipinski definition) is 1. The van der Waals surface area contributed by atoms with Gasteiger partial charge in [-0.25, -0.2) is 0 Å². The smallest absolute Gasteiger partial charge is 0.0140 e. The van der Waals surface area contributed by atoms with E-state index in [1.165, 1.54) is 10.5 Å². The van der Waals surface area contributed by atoms with Crippen molar-refractivity contribution >= 4 is 11.8 Å². The molecule has 0 nitrogen and oxygen atoms in total. The van der Waals surface area contributed by atoms with Crippen molar-refractivity contribution in [3.05, 3.63) is 23.1 Å². The van der Waals surface area contributed by atoms with Crippen LogP contribution in [0.4, 0.5) is 0 Å². The van der Waals surface area contributed by atoms with Gasteiger partial charge in [0.1, 0.15) is 0 Å². The molecular weight excluding hydrogens is 128 g/mol. The first-order chi connectivity index (χ1) is 4.20. The summed E-state index contributed by atoms with van der Waals surface area (Å²) in [7, 11) is 0. The number of allylic oxidation sites excluding steroid dienone is 3. The predicted octanol–water partition coefficient (Wildman–Crippen LogP) is 3.22. The lowest BCUT2D eigenvalue weighted by molar-refractivity contribution is 1.16. The lowest BCUT2D eigenvalue weighted by Gasteiger charge is -1.95. The highest BCUT2D eigenvalue weighted by atomic mass is 32.2.